The van der Waals surface area contributed by atoms with E-state index in [1.54, 1.807) is 0 Å². The van der Waals surface area contributed by atoms with Crippen LogP contribution in [0.5, 0.6) is 0 Å². The first-order valence-electron chi connectivity index (χ1n) is 6.12. The van der Waals surface area contributed by atoms with Gasteiger partial charge in [-0.15, -0.1) is 0 Å². The normalized spacial score (nSPS) is 36.4. The third-order valence-electron chi connectivity index (χ3n) is 4.03. The molecule has 2 heteroatoms. The van der Waals surface area contributed by atoms with E-state index in [0.29, 0.717) is 5.54 Å². The highest BCUT2D eigenvalue weighted by atomic mass is 15.1. The summed E-state index contributed by atoms with van der Waals surface area (Å²) in [6, 6.07) is 0. The molecule has 82 valence electrons. The highest BCUT2D eigenvalue weighted by molar-refractivity contribution is 4.91. The van der Waals surface area contributed by atoms with E-state index in [9.17, 15) is 0 Å². The minimum Gasteiger partial charge on any atom is -0.312 e. The number of nitrogens with zero attached hydrogens (tertiary/aromatic N) is 1. The van der Waals surface area contributed by atoms with Crippen LogP contribution < -0.4 is 5.32 Å². The zero-order valence-corrected chi connectivity index (χ0v) is 9.68. The maximum Gasteiger partial charge on any atom is 0.0156 e. The molecule has 14 heavy (non-hydrogen) atoms. The quantitative estimate of drug-likeness (QED) is 0.725. The first kappa shape index (κ1) is 10.4. The lowest BCUT2D eigenvalue weighted by molar-refractivity contribution is 0.182. The number of piperidine rings is 1. The molecule has 0 amide bonds. The van der Waals surface area contributed by atoms with Gasteiger partial charge >= 0.3 is 0 Å². The Balaban J connectivity index is 1.79. The summed E-state index contributed by atoms with van der Waals surface area (Å²) in [6.45, 7) is 6.27. The second-order valence-corrected chi connectivity index (χ2v) is 5.54. The van der Waals surface area contributed by atoms with Crippen LogP contribution in [0.4, 0.5) is 0 Å². The van der Waals surface area contributed by atoms with Gasteiger partial charge in [0.05, 0.1) is 0 Å². The summed E-state index contributed by atoms with van der Waals surface area (Å²) in [5.41, 5.74) is 0.473. The molecular formula is C12H24N2. The van der Waals surface area contributed by atoms with E-state index in [1.165, 1.54) is 51.7 Å². The van der Waals surface area contributed by atoms with Crippen molar-refractivity contribution in [2.75, 3.05) is 26.7 Å². The van der Waals surface area contributed by atoms with Gasteiger partial charge in [-0.1, -0.05) is 0 Å². The second kappa shape index (κ2) is 4.19. The topological polar surface area (TPSA) is 15.3 Å². The molecule has 2 fully saturated rings. The fraction of sp³-hybridized carbons (Fsp3) is 1.00. The summed E-state index contributed by atoms with van der Waals surface area (Å²) < 4.78 is 0. The standard InChI is InChI=1S/C12H24N2/c1-12(6-3-7-13-12)10-11-4-8-14(2)9-5-11/h11,13H,3-10H2,1-2H3. The number of hydrogen-bond acceptors (Lipinski definition) is 2. The first-order valence-corrected chi connectivity index (χ1v) is 6.12. The van der Waals surface area contributed by atoms with Gasteiger partial charge in [-0.25, -0.2) is 0 Å². The SMILES string of the molecule is CN1CCC(CC2(C)CCCN2)CC1. The lowest BCUT2D eigenvalue weighted by Crippen LogP contribution is -2.40. The Bertz CT molecular complexity index is 177. The Morgan fingerprint density at radius 1 is 1.36 bits per heavy atom. The van der Waals surface area contributed by atoms with Gasteiger partial charge in [-0.2, -0.15) is 0 Å². The van der Waals surface area contributed by atoms with Crippen molar-refractivity contribution in [2.45, 2.75) is 44.6 Å². The van der Waals surface area contributed by atoms with Gasteiger partial charge in [0.25, 0.3) is 0 Å². The fourth-order valence-electron chi connectivity index (χ4n) is 3.03. The summed E-state index contributed by atoms with van der Waals surface area (Å²) >= 11 is 0. The van der Waals surface area contributed by atoms with Crippen LogP contribution in [-0.2, 0) is 0 Å². The van der Waals surface area contributed by atoms with Crippen molar-refractivity contribution in [1.82, 2.24) is 10.2 Å². The highest BCUT2D eigenvalue weighted by Gasteiger charge is 2.31. The van der Waals surface area contributed by atoms with E-state index in [-0.39, 0.29) is 0 Å². The monoisotopic (exact) mass is 196 g/mol. The molecule has 2 aliphatic rings. The molecule has 1 N–H and O–H groups in total. The van der Waals surface area contributed by atoms with Crippen molar-refractivity contribution in [3.05, 3.63) is 0 Å². The molecule has 2 aliphatic heterocycles. The van der Waals surface area contributed by atoms with Crippen molar-refractivity contribution in [1.29, 1.82) is 0 Å². The summed E-state index contributed by atoms with van der Waals surface area (Å²) in [4.78, 5) is 2.46. The zero-order chi connectivity index (χ0) is 10.0. The molecule has 2 heterocycles. The number of nitrogens with one attached hydrogen (secondary N) is 1. The third-order valence-corrected chi connectivity index (χ3v) is 4.03. The molecule has 0 aliphatic carbocycles. The van der Waals surface area contributed by atoms with Crippen molar-refractivity contribution in [3.8, 4) is 0 Å². The second-order valence-electron chi connectivity index (χ2n) is 5.54. The molecule has 0 aromatic carbocycles. The number of likely N-dealkylation sites (tertiary alicyclic amines) is 1. The fourth-order valence-corrected chi connectivity index (χ4v) is 3.03. The largest absolute Gasteiger partial charge is 0.312 e. The van der Waals surface area contributed by atoms with Gasteiger partial charge in [-0.05, 0) is 71.6 Å². The lowest BCUT2D eigenvalue weighted by atomic mass is 9.83. The van der Waals surface area contributed by atoms with Crippen molar-refractivity contribution < 1.29 is 0 Å². The zero-order valence-electron chi connectivity index (χ0n) is 9.68. The molecule has 1 unspecified atom stereocenters. The van der Waals surface area contributed by atoms with Gasteiger partial charge in [-0.3, -0.25) is 0 Å². The smallest absolute Gasteiger partial charge is 0.0156 e. The molecule has 2 nitrogen and oxygen atoms in total. The van der Waals surface area contributed by atoms with Crippen molar-refractivity contribution >= 4 is 0 Å². The van der Waals surface area contributed by atoms with Crippen LogP contribution in [0.2, 0.25) is 0 Å². The van der Waals surface area contributed by atoms with Gasteiger partial charge in [0.2, 0.25) is 0 Å². The van der Waals surface area contributed by atoms with Gasteiger partial charge in [0.15, 0.2) is 0 Å². The Hall–Kier alpha value is -0.0800. The minimum absolute atomic E-state index is 0.473. The van der Waals surface area contributed by atoms with Crippen LogP contribution in [0.1, 0.15) is 39.0 Å². The Morgan fingerprint density at radius 3 is 2.64 bits per heavy atom. The van der Waals surface area contributed by atoms with Crippen LogP contribution in [0.25, 0.3) is 0 Å². The van der Waals surface area contributed by atoms with E-state index in [2.05, 4.69) is 24.2 Å². The Labute approximate surface area is 88.1 Å². The van der Waals surface area contributed by atoms with Crippen LogP contribution >= 0.6 is 0 Å². The molecule has 0 radical (unpaired) electrons. The molecular weight excluding hydrogens is 172 g/mol. The summed E-state index contributed by atoms with van der Waals surface area (Å²) in [5, 5.41) is 3.68. The van der Waals surface area contributed by atoms with E-state index in [0.717, 1.165) is 5.92 Å². The summed E-state index contributed by atoms with van der Waals surface area (Å²) in [5.74, 6) is 0.974. The van der Waals surface area contributed by atoms with Crippen molar-refractivity contribution in [2.24, 2.45) is 5.92 Å². The van der Waals surface area contributed by atoms with Crippen LogP contribution in [0.3, 0.4) is 0 Å². The maximum atomic E-state index is 3.68. The average Bonchev–Trinajstić information content (AvgIpc) is 2.57. The molecule has 2 rings (SSSR count). The molecule has 0 bridgehead atoms. The average molecular weight is 196 g/mol. The number of rotatable bonds is 2. The third kappa shape index (κ3) is 2.48. The van der Waals surface area contributed by atoms with Crippen molar-refractivity contribution in [3.63, 3.8) is 0 Å². The minimum atomic E-state index is 0.473. The molecule has 2 saturated heterocycles. The maximum absolute atomic E-state index is 3.68. The van der Waals surface area contributed by atoms with Crippen LogP contribution in [-0.4, -0.2) is 37.1 Å². The molecule has 0 saturated carbocycles. The van der Waals surface area contributed by atoms with E-state index in [4.69, 9.17) is 0 Å². The van der Waals surface area contributed by atoms with E-state index < -0.39 is 0 Å². The number of hydrogen-bond donors (Lipinski definition) is 1. The van der Waals surface area contributed by atoms with Gasteiger partial charge < -0.3 is 10.2 Å². The predicted molar refractivity (Wildman–Crippen MR) is 60.5 cm³/mol. The predicted octanol–water partition coefficient (Wildman–Crippen LogP) is 1.86. The Morgan fingerprint density at radius 2 is 2.07 bits per heavy atom. The molecule has 0 aromatic heterocycles. The summed E-state index contributed by atoms with van der Waals surface area (Å²) in [6.07, 6.45) is 6.99. The van der Waals surface area contributed by atoms with Gasteiger partial charge in [0.1, 0.15) is 0 Å². The Kier molecular flexibility index (Phi) is 3.13. The molecule has 0 aromatic rings. The highest BCUT2D eigenvalue weighted by Crippen LogP contribution is 2.31. The van der Waals surface area contributed by atoms with Gasteiger partial charge in [0, 0.05) is 5.54 Å². The van der Waals surface area contributed by atoms with Crippen LogP contribution in [0, 0.1) is 5.92 Å². The van der Waals surface area contributed by atoms with Crippen LogP contribution in [0.15, 0.2) is 0 Å². The van der Waals surface area contributed by atoms with E-state index in [1.807, 2.05) is 0 Å². The lowest BCUT2D eigenvalue weighted by Gasteiger charge is -2.34. The molecule has 0 spiro atoms. The van der Waals surface area contributed by atoms with E-state index >= 15 is 0 Å². The molecule has 1 atom stereocenters. The summed E-state index contributed by atoms with van der Waals surface area (Å²) in [7, 11) is 2.24. The first-order chi connectivity index (χ1) is 6.68.